The van der Waals surface area contributed by atoms with Crippen LogP contribution in [0.3, 0.4) is 0 Å². The van der Waals surface area contributed by atoms with Gasteiger partial charge in [-0.25, -0.2) is 4.79 Å². The first-order valence-electron chi connectivity index (χ1n) is 7.54. The molecule has 0 aliphatic heterocycles. The standard InChI is InChI=1S/C18H28O3S/c1-5-6-7-8-9-10-11-12-14-22-15-13-20-17(19)21-16-18(2,3)4/h6-7,9-10,12-15H,5,8,11,16H2,1-4H3/b7-6-,10-9-,14-12-,15-13+. The zero-order chi connectivity index (χ0) is 16.7. The lowest BCUT2D eigenvalue weighted by atomic mass is 9.99. The molecular weight excluding hydrogens is 296 g/mol. The zero-order valence-electron chi connectivity index (χ0n) is 14.1. The van der Waals surface area contributed by atoms with Crippen molar-refractivity contribution in [2.45, 2.75) is 47.0 Å². The van der Waals surface area contributed by atoms with Crippen molar-refractivity contribution in [1.82, 2.24) is 0 Å². The molecule has 0 N–H and O–H groups in total. The summed E-state index contributed by atoms with van der Waals surface area (Å²) < 4.78 is 9.75. The quantitative estimate of drug-likeness (QED) is 0.287. The fraction of sp³-hybridized carbons (Fsp3) is 0.500. The highest BCUT2D eigenvalue weighted by Crippen LogP contribution is 2.13. The highest BCUT2D eigenvalue weighted by Gasteiger charge is 2.13. The van der Waals surface area contributed by atoms with Crippen molar-refractivity contribution in [3.8, 4) is 0 Å². The van der Waals surface area contributed by atoms with Gasteiger partial charge in [-0.05, 0) is 30.1 Å². The molecule has 0 atom stereocenters. The zero-order valence-corrected chi connectivity index (χ0v) is 14.9. The highest BCUT2D eigenvalue weighted by atomic mass is 32.2. The molecule has 0 aromatic carbocycles. The van der Waals surface area contributed by atoms with Gasteiger partial charge < -0.3 is 9.47 Å². The number of hydrogen-bond acceptors (Lipinski definition) is 4. The molecule has 0 saturated heterocycles. The van der Waals surface area contributed by atoms with Crippen LogP contribution in [0, 0.1) is 5.41 Å². The summed E-state index contributed by atoms with van der Waals surface area (Å²) in [5.41, 5.74) is -0.0555. The third-order valence-corrected chi connectivity index (χ3v) is 2.83. The Labute approximate surface area is 139 Å². The van der Waals surface area contributed by atoms with Crippen molar-refractivity contribution in [3.63, 3.8) is 0 Å². The summed E-state index contributed by atoms with van der Waals surface area (Å²) in [6, 6.07) is 0. The highest BCUT2D eigenvalue weighted by molar-refractivity contribution is 8.04. The van der Waals surface area contributed by atoms with E-state index < -0.39 is 6.16 Å². The summed E-state index contributed by atoms with van der Waals surface area (Å²) in [5, 5.41) is 3.65. The van der Waals surface area contributed by atoms with Crippen LogP contribution in [0.15, 0.2) is 47.5 Å². The van der Waals surface area contributed by atoms with Crippen LogP contribution in [0.25, 0.3) is 0 Å². The third-order valence-electron chi connectivity index (χ3n) is 2.21. The van der Waals surface area contributed by atoms with Gasteiger partial charge in [-0.2, -0.15) is 0 Å². The van der Waals surface area contributed by atoms with Crippen LogP contribution in [-0.2, 0) is 9.47 Å². The maximum atomic E-state index is 11.2. The number of ether oxygens (including phenoxy) is 2. The average Bonchev–Trinajstić information content (AvgIpc) is 2.45. The molecule has 0 spiro atoms. The third kappa shape index (κ3) is 16.6. The van der Waals surface area contributed by atoms with Crippen LogP contribution in [0.1, 0.15) is 47.0 Å². The van der Waals surface area contributed by atoms with Crippen molar-refractivity contribution in [3.05, 3.63) is 47.5 Å². The number of hydrogen-bond donors (Lipinski definition) is 0. The summed E-state index contributed by atoms with van der Waals surface area (Å²) >= 11 is 1.45. The fourth-order valence-electron chi connectivity index (χ4n) is 1.19. The topological polar surface area (TPSA) is 35.5 Å². The Morgan fingerprint density at radius 2 is 1.64 bits per heavy atom. The number of carbonyl (C=O) groups excluding carboxylic acids is 1. The van der Waals surface area contributed by atoms with Crippen molar-refractivity contribution >= 4 is 17.9 Å². The van der Waals surface area contributed by atoms with Crippen LogP contribution in [0.5, 0.6) is 0 Å². The van der Waals surface area contributed by atoms with Gasteiger partial charge in [0, 0.05) is 5.41 Å². The fourth-order valence-corrected chi connectivity index (χ4v) is 1.63. The summed E-state index contributed by atoms with van der Waals surface area (Å²) in [6.07, 6.45) is 14.3. The molecule has 0 bridgehead atoms. The summed E-state index contributed by atoms with van der Waals surface area (Å²) in [4.78, 5) is 11.2. The predicted octanol–water partition coefficient (Wildman–Crippen LogP) is 6.21. The van der Waals surface area contributed by atoms with E-state index >= 15 is 0 Å². The molecule has 0 unspecified atom stereocenters. The predicted molar refractivity (Wildman–Crippen MR) is 95.6 cm³/mol. The average molecular weight is 324 g/mol. The van der Waals surface area contributed by atoms with Crippen molar-refractivity contribution in [2.24, 2.45) is 5.41 Å². The van der Waals surface area contributed by atoms with E-state index in [9.17, 15) is 4.79 Å². The Morgan fingerprint density at radius 1 is 1.00 bits per heavy atom. The van der Waals surface area contributed by atoms with E-state index in [1.54, 1.807) is 5.41 Å². The van der Waals surface area contributed by atoms with E-state index in [4.69, 9.17) is 9.47 Å². The SMILES string of the molecule is CC/C=C\C/C=C\C/C=C\S/C=C/OC(=O)OCC(C)(C)C. The maximum absolute atomic E-state index is 11.2. The van der Waals surface area contributed by atoms with Gasteiger partial charge in [-0.15, -0.1) is 11.8 Å². The lowest BCUT2D eigenvalue weighted by Crippen LogP contribution is -2.17. The van der Waals surface area contributed by atoms with E-state index in [1.807, 2.05) is 32.3 Å². The minimum atomic E-state index is -0.668. The normalized spacial score (nSPS) is 12.9. The first-order valence-corrected chi connectivity index (χ1v) is 8.49. The van der Waals surface area contributed by atoms with Crippen molar-refractivity contribution in [1.29, 1.82) is 0 Å². The molecule has 124 valence electrons. The lowest BCUT2D eigenvalue weighted by molar-refractivity contribution is 0.0569. The molecule has 22 heavy (non-hydrogen) atoms. The molecule has 0 aliphatic rings. The molecular formula is C18H28O3S. The first-order chi connectivity index (χ1) is 10.5. The lowest BCUT2D eigenvalue weighted by Gasteiger charge is -2.16. The molecule has 0 aromatic heterocycles. The molecule has 0 radical (unpaired) electrons. The molecule has 0 amide bonds. The molecule has 0 fully saturated rings. The largest absolute Gasteiger partial charge is 0.513 e. The van der Waals surface area contributed by atoms with Crippen LogP contribution in [0.4, 0.5) is 4.79 Å². The molecule has 0 rings (SSSR count). The second-order valence-electron chi connectivity index (χ2n) is 5.82. The van der Waals surface area contributed by atoms with Crippen LogP contribution < -0.4 is 0 Å². The van der Waals surface area contributed by atoms with E-state index in [2.05, 4.69) is 31.2 Å². The minimum absolute atomic E-state index is 0.0555. The summed E-state index contributed by atoms with van der Waals surface area (Å²) in [7, 11) is 0. The Balaban J connectivity index is 3.63. The van der Waals surface area contributed by atoms with Gasteiger partial charge >= 0.3 is 6.16 Å². The smallest absolute Gasteiger partial charge is 0.433 e. The minimum Gasteiger partial charge on any atom is -0.433 e. The second kappa shape index (κ2) is 13.3. The van der Waals surface area contributed by atoms with E-state index in [0.717, 1.165) is 19.3 Å². The van der Waals surface area contributed by atoms with Crippen molar-refractivity contribution in [2.75, 3.05) is 6.61 Å². The van der Waals surface area contributed by atoms with Crippen LogP contribution >= 0.6 is 11.8 Å². The first kappa shape index (κ1) is 20.6. The Bertz CT molecular complexity index is 401. The monoisotopic (exact) mass is 324 g/mol. The number of rotatable bonds is 9. The van der Waals surface area contributed by atoms with Gasteiger partial charge in [0.15, 0.2) is 0 Å². The molecule has 0 saturated carbocycles. The van der Waals surface area contributed by atoms with Crippen molar-refractivity contribution < 1.29 is 14.3 Å². The summed E-state index contributed by atoms with van der Waals surface area (Å²) in [6.45, 7) is 8.44. The Morgan fingerprint density at radius 3 is 2.27 bits per heavy atom. The van der Waals surface area contributed by atoms with Gasteiger partial charge in [-0.3, -0.25) is 0 Å². The second-order valence-corrected chi connectivity index (χ2v) is 6.64. The Hall–Kier alpha value is -1.42. The van der Waals surface area contributed by atoms with Crippen LogP contribution in [0.2, 0.25) is 0 Å². The Kier molecular flexibility index (Phi) is 12.4. The van der Waals surface area contributed by atoms with E-state index in [-0.39, 0.29) is 5.41 Å². The van der Waals surface area contributed by atoms with Crippen LogP contribution in [-0.4, -0.2) is 12.8 Å². The molecule has 0 heterocycles. The van der Waals surface area contributed by atoms with E-state index in [0.29, 0.717) is 6.61 Å². The molecule has 4 heteroatoms. The molecule has 0 aromatic rings. The van der Waals surface area contributed by atoms with Gasteiger partial charge in [0.05, 0.1) is 6.61 Å². The molecule has 0 aliphatic carbocycles. The van der Waals surface area contributed by atoms with Gasteiger partial charge in [0.2, 0.25) is 0 Å². The van der Waals surface area contributed by atoms with Gasteiger partial charge in [0.1, 0.15) is 6.26 Å². The van der Waals surface area contributed by atoms with Gasteiger partial charge in [-0.1, -0.05) is 58.1 Å². The molecule has 3 nitrogen and oxygen atoms in total. The van der Waals surface area contributed by atoms with Gasteiger partial charge in [0.25, 0.3) is 0 Å². The summed E-state index contributed by atoms with van der Waals surface area (Å²) in [5.74, 6) is 0. The number of thioether (sulfide) groups is 1. The maximum Gasteiger partial charge on any atom is 0.513 e. The number of allylic oxidation sites excluding steroid dienone is 5. The van der Waals surface area contributed by atoms with E-state index in [1.165, 1.54) is 18.0 Å². The number of carbonyl (C=O) groups is 1.